The van der Waals surface area contributed by atoms with Crippen LogP contribution in [0.15, 0.2) is 16.5 Å². The van der Waals surface area contributed by atoms with Gasteiger partial charge in [-0.25, -0.2) is 0 Å². The van der Waals surface area contributed by atoms with E-state index in [1.807, 2.05) is 4.90 Å². The predicted molar refractivity (Wildman–Crippen MR) is 91.5 cm³/mol. The summed E-state index contributed by atoms with van der Waals surface area (Å²) in [5, 5.41) is 3.73. The molecule has 2 fully saturated rings. The topological polar surface area (TPSA) is 48.7 Å². The first-order valence-electron chi connectivity index (χ1n) is 6.90. The molecule has 2 unspecified atom stereocenters. The van der Waals surface area contributed by atoms with Crippen molar-refractivity contribution in [1.82, 2.24) is 15.1 Å². The van der Waals surface area contributed by atoms with Crippen molar-refractivity contribution in [3.63, 3.8) is 0 Å². The standard InChI is InChI=1S/C14H20ClN3O2.2ClH/c1-17(2)8-14-7-16-5-10(14)6-18(9-14)13(19)11-3-4-12(15)20-11;;/h3-4,10,16H,5-9H2,1-2H3;2*1H. The summed E-state index contributed by atoms with van der Waals surface area (Å²) in [6, 6.07) is 3.26. The number of halogens is 3. The van der Waals surface area contributed by atoms with Gasteiger partial charge < -0.3 is 19.5 Å². The van der Waals surface area contributed by atoms with E-state index in [9.17, 15) is 4.79 Å². The molecule has 0 radical (unpaired) electrons. The van der Waals surface area contributed by atoms with Crippen molar-refractivity contribution in [1.29, 1.82) is 0 Å². The second-order valence-corrected chi connectivity index (χ2v) is 6.59. The molecule has 1 amide bonds. The zero-order valence-electron chi connectivity index (χ0n) is 12.7. The molecular formula is C14H22Cl3N3O2. The zero-order valence-corrected chi connectivity index (χ0v) is 15.1. The first-order chi connectivity index (χ1) is 9.50. The molecule has 1 aromatic heterocycles. The molecule has 1 N–H and O–H groups in total. The van der Waals surface area contributed by atoms with Gasteiger partial charge in [-0.2, -0.15) is 0 Å². The largest absolute Gasteiger partial charge is 0.440 e. The predicted octanol–water partition coefficient (Wildman–Crippen LogP) is 2.00. The van der Waals surface area contributed by atoms with Gasteiger partial charge in [-0.3, -0.25) is 4.79 Å². The molecule has 5 nitrogen and oxygen atoms in total. The molecule has 1 aromatic rings. The van der Waals surface area contributed by atoms with Crippen LogP contribution in [0.1, 0.15) is 10.6 Å². The highest BCUT2D eigenvalue weighted by Gasteiger charge is 2.51. The van der Waals surface area contributed by atoms with E-state index in [1.54, 1.807) is 12.1 Å². The van der Waals surface area contributed by atoms with Gasteiger partial charge in [-0.05, 0) is 43.7 Å². The molecule has 8 heteroatoms. The van der Waals surface area contributed by atoms with Crippen LogP contribution in [0.25, 0.3) is 0 Å². The SMILES string of the molecule is CN(C)CC12CNCC1CN(C(=O)c1ccc(Cl)o1)C2.Cl.Cl. The van der Waals surface area contributed by atoms with Crippen LogP contribution in [-0.4, -0.2) is 62.5 Å². The Morgan fingerprint density at radius 2 is 2.23 bits per heavy atom. The Balaban J connectivity index is 0.00000121. The lowest BCUT2D eigenvalue weighted by Gasteiger charge is -2.31. The second-order valence-electron chi connectivity index (χ2n) is 6.22. The van der Waals surface area contributed by atoms with E-state index in [1.165, 1.54) is 0 Å². The number of fused-ring (bicyclic) bond motifs is 1. The molecule has 0 aliphatic carbocycles. The number of nitrogens with zero attached hydrogens (tertiary/aromatic N) is 2. The lowest BCUT2D eigenvalue weighted by atomic mass is 9.80. The maximum Gasteiger partial charge on any atom is 0.289 e. The Morgan fingerprint density at radius 3 is 2.82 bits per heavy atom. The molecule has 0 saturated carbocycles. The fourth-order valence-electron chi connectivity index (χ4n) is 3.61. The van der Waals surface area contributed by atoms with Crippen LogP contribution >= 0.6 is 36.4 Å². The quantitative estimate of drug-likeness (QED) is 0.884. The Morgan fingerprint density at radius 1 is 1.50 bits per heavy atom. The minimum Gasteiger partial charge on any atom is -0.440 e. The Hall–Kier alpha value is -0.460. The minimum absolute atomic E-state index is 0. The fourth-order valence-corrected chi connectivity index (χ4v) is 3.76. The molecule has 0 spiro atoms. The summed E-state index contributed by atoms with van der Waals surface area (Å²) in [6.07, 6.45) is 0. The van der Waals surface area contributed by atoms with E-state index >= 15 is 0 Å². The summed E-state index contributed by atoms with van der Waals surface area (Å²) < 4.78 is 5.24. The van der Waals surface area contributed by atoms with Crippen molar-refractivity contribution >= 4 is 42.3 Å². The molecule has 0 bridgehead atoms. The van der Waals surface area contributed by atoms with E-state index in [4.69, 9.17) is 16.0 Å². The van der Waals surface area contributed by atoms with Gasteiger partial charge >= 0.3 is 0 Å². The monoisotopic (exact) mass is 369 g/mol. The summed E-state index contributed by atoms with van der Waals surface area (Å²) in [5.41, 5.74) is 0.162. The Bertz CT molecular complexity index is 523. The smallest absolute Gasteiger partial charge is 0.289 e. The molecule has 2 aliphatic rings. The lowest BCUT2D eigenvalue weighted by molar-refractivity contribution is 0.0732. The van der Waals surface area contributed by atoms with Crippen LogP contribution in [0, 0.1) is 11.3 Å². The fraction of sp³-hybridized carbons (Fsp3) is 0.643. The van der Waals surface area contributed by atoms with Gasteiger partial charge in [-0.1, -0.05) is 0 Å². The average Bonchev–Trinajstić information content (AvgIpc) is 3.00. The van der Waals surface area contributed by atoms with Crippen molar-refractivity contribution in [2.24, 2.45) is 11.3 Å². The van der Waals surface area contributed by atoms with Crippen LogP contribution in [-0.2, 0) is 0 Å². The summed E-state index contributed by atoms with van der Waals surface area (Å²) in [4.78, 5) is 16.6. The number of hydrogen-bond donors (Lipinski definition) is 1. The van der Waals surface area contributed by atoms with Gasteiger partial charge in [0.15, 0.2) is 11.0 Å². The molecule has 126 valence electrons. The van der Waals surface area contributed by atoms with Crippen molar-refractivity contribution in [2.45, 2.75) is 0 Å². The molecule has 0 aromatic carbocycles. The summed E-state index contributed by atoms with van der Waals surface area (Å²) in [6.45, 7) is 4.51. The normalized spacial score (nSPS) is 26.5. The number of carbonyl (C=O) groups is 1. The summed E-state index contributed by atoms with van der Waals surface area (Å²) >= 11 is 5.75. The first kappa shape index (κ1) is 19.6. The molecule has 22 heavy (non-hydrogen) atoms. The van der Waals surface area contributed by atoms with Crippen LogP contribution in [0.5, 0.6) is 0 Å². The third kappa shape index (κ3) is 3.54. The second kappa shape index (κ2) is 7.41. The van der Waals surface area contributed by atoms with Crippen LogP contribution in [0.3, 0.4) is 0 Å². The molecule has 2 atom stereocenters. The number of carbonyl (C=O) groups excluding carboxylic acids is 1. The van der Waals surface area contributed by atoms with Crippen LogP contribution in [0.4, 0.5) is 0 Å². The van der Waals surface area contributed by atoms with Crippen molar-refractivity contribution in [3.8, 4) is 0 Å². The minimum atomic E-state index is -0.0515. The summed E-state index contributed by atoms with van der Waals surface area (Å²) in [7, 11) is 4.17. The van der Waals surface area contributed by atoms with Crippen molar-refractivity contribution in [3.05, 3.63) is 23.1 Å². The van der Waals surface area contributed by atoms with Gasteiger partial charge in [0, 0.05) is 38.1 Å². The Kier molecular flexibility index (Phi) is 6.59. The maximum absolute atomic E-state index is 12.5. The van der Waals surface area contributed by atoms with E-state index < -0.39 is 0 Å². The van der Waals surface area contributed by atoms with E-state index in [0.717, 1.165) is 32.7 Å². The van der Waals surface area contributed by atoms with Crippen molar-refractivity contribution in [2.75, 3.05) is 46.8 Å². The number of rotatable bonds is 3. The molecular weight excluding hydrogens is 349 g/mol. The first-order valence-corrected chi connectivity index (χ1v) is 7.28. The van der Waals surface area contributed by atoms with E-state index in [2.05, 4.69) is 24.3 Å². The third-order valence-electron chi connectivity index (χ3n) is 4.38. The highest BCUT2D eigenvalue weighted by atomic mass is 35.5. The van der Waals surface area contributed by atoms with Crippen LogP contribution < -0.4 is 5.32 Å². The molecule has 2 aliphatic heterocycles. The molecule has 3 rings (SSSR count). The van der Waals surface area contributed by atoms with Gasteiger partial charge in [0.2, 0.25) is 0 Å². The number of furan rings is 1. The average molecular weight is 371 g/mol. The number of likely N-dealkylation sites (tertiary alicyclic amines) is 1. The lowest BCUT2D eigenvalue weighted by Crippen LogP contribution is -2.42. The number of nitrogens with one attached hydrogen (secondary N) is 1. The molecule has 3 heterocycles. The van der Waals surface area contributed by atoms with Gasteiger partial charge in [0.25, 0.3) is 5.91 Å². The van der Waals surface area contributed by atoms with Crippen molar-refractivity contribution < 1.29 is 9.21 Å². The zero-order chi connectivity index (χ0) is 14.3. The van der Waals surface area contributed by atoms with Gasteiger partial charge in [0.05, 0.1) is 0 Å². The number of amides is 1. The van der Waals surface area contributed by atoms with E-state index in [0.29, 0.717) is 11.7 Å². The van der Waals surface area contributed by atoms with Gasteiger partial charge in [-0.15, -0.1) is 24.8 Å². The maximum atomic E-state index is 12.5. The number of hydrogen-bond acceptors (Lipinski definition) is 4. The van der Waals surface area contributed by atoms with Crippen LogP contribution in [0.2, 0.25) is 5.22 Å². The molecule has 2 saturated heterocycles. The third-order valence-corrected chi connectivity index (χ3v) is 4.59. The Labute approximate surface area is 148 Å². The van der Waals surface area contributed by atoms with E-state index in [-0.39, 0.29) is 41.4 Å². The highest BCUT2D eigenvalue weighted by Crippen LogP contribution is 2.40. The van der Waals surface area contributed by atoms with Gasteiger partial charge in [0.1, 0.15) is 0 Å². The summed E-state index contributed by atoms with van der Waals surface area (Å²) in [5.74, 6) is 0.798. The highest BCUT2D eigenvalue weighted by molar-refractivity contribution is 6.29.